The summed E-state index contributed by atoms with van der Waals surface area (Å²) in [4.78, 5) is 0. The molecule has 0 saturated carbocycles. The van der Waals surface area contributed by atoms with Crippen LogP contribution < -0.4 is 0 Å². The Labute approximate surface area is 220 Å². The zero-order valence-corrected chi connectivity index (χ0v) is 20.4. The van der Waals surface area contributed by atoms with Crippen LogP contribution in [-0.4, -0.2) is 0 Å². The molecule has 7 aromatic rings. The predicted molar refractivity (Wildman–Crippen MR) is 157 cm³/mol. The highest BCUT2D eigenvalue weighted by Crippen LogP contribution is 2.43. The Morgan fingerprint density at radius 1 is 0.368 bits per heavy atom. The molecule has 0 unspecified atom stereocenters. The molecule has 38 heavy (non-hydrogen) atoms. The molecule has 0 aliphatic heterocycles. The minimum absolute atomic E-state index is 0.661. The highest BCUT2D eigenvalue weighted by Gasteiger charge is 2.15. The van der Waals surface area contributed by atoms with Gasteiger partial charge < -0.3 is 0 Å². The first-order valence-electron chi connectivity index (χ1n) is 12.6. The summed E-state index contributed by atoms with van der Waals surface area (Å²) in [5, 5.41) is 28.2. The third-order valence-electron chi connectivity index (χ3n) is 7.51. The average Bonchev–Trinajstić information content (AvgIpc) is 3.00. The molecule has 0 heterocycles. The molecule has 0 saturated heterocycles. The molecule has 7 rings (SSSR count). The van der Waals surface area contributed by atoms with Gasteiger partial charge in [-0.25, -0.2) is 0 Å². The standard InChI is InChI=1S/C36H20N2/c37-21-23-9-13-25(14-10-23)27-17-18-32-34(19-27)28-5-1-2-6-29(28)35-20-33(26-15-11-24(22-38)12-16-26)30-7-3-4-8-31(30)36(32)35/h1-20H. The summed E-state index contributed by atoms with van der Waals surface area (Å²) in [6, 6.07) is 46.3. The summed E-state index contributed by atoms with van der Waals surface area (Å²) in [6.45, 7) is 0. The van der Waals surface area contributed by atoms with E-state index in [9.17, 15) is 10.5 Å². The van der Waals surface area contributed by atoms with Gasteiger partial charge >= 0.3 is 0 Å². The number of benzene rings is 7. The molecule has 0 aromatic heterocycles. The topological polar surface area (TPSA) is 47.6 Å². The third-order valence-corrected chi connectivity index (χ3v) is 7.51. The summed E-state index contributed by atoms with van der Waals surface area (Å²) < 4.78 is 0. The zero-order chi connectivity index (χ0) is 25.6. The lowest BCUT2D eigenvalue weighted by atomic mass is 9.86. The predicted octanol–water partition coefficient (Wildman–Crippen LogP) is 9.38. The van der Waals surface area contributed by atoms with Crippen molar-refractivity contribution in [1.29, 1.82) is 10.5 Å². The quantitative estimate of drug-likeness (QED) is 0.231. The van der Waals surface area contributed by atoms with Crippen LogP contribution in [0.15, 0.2) is 121 Å². The van der Waals surface area contributed by atoms with Gasteiger partial charge in [-0.05, 0) is 102 Å². The molecule has 0 aliphatic rings. The van der Waals surface area contributed by atoms with Crippen molar-refractivity contribution in [3.05, 3.63) is 132 Å². The van der Waals surface area contributed by atoms with E-state index in [-0.39, 0.29) is 0 Å². The van der Waals surface area contributed by atoms with E-state index in [1.54, 1.807) is 0 Å². The first-order valence-corrected chi connectivity index (χ1v) is 12.6. The van der Waals surface area contributed by atoms with Gasteiger partial charge in [-0.3, -0.25) is 0 Å². The Balaban J connectivity index is 1.59. The molecular formula is C36H20N2. The molecule has 0 bridgehead atoms. The summed E-state index contributed by atoms with van der Waals surface area (Å²) in [6.07, 6.45) is 0. The van der Waals surface area contributed by atoms with Crippen molar-refractivity contribution >= 4 is 43.1 Å². The molecule has 0 N–H and O–H groups in total. The van der Waals surface area contributed by atoms with Gasteiger partial charge in [-0.2, -0.15) is 10.5 Å². The largest absolute Gasteiger partial charge is 0.192 e. The SMILES string of the molecule is N#Cc1ccc(-c2ccc3c(c2)c2ccccc2c2cc(-c4ccc(C#N)cc4)c4ccccc4c32)cc1. The van der Waals surface area contributed by atoms with E-state index >= 15 is 0 Å². The summed E-state index contributed by atoms with van der Waals surface area (Å²) >= 11 is 0. The fourth-order valence-corrected chi connectivity index (χ4v) is 5.70. The van der Waals surface area contributed by atoms with Crippen LogP contribution in [-0.2, 0) is 0 Å². The highest BCUT2D eigenvalue weighted by atomic mass is 14.2. The second-order valence-corrected chi connectivity index (χ2v) is 9.58. The molecule has 0 aliphatic carbocycles. The molecule has 2 heteroatoms. The minimum atomic E-state index is 0.661. The molecule has 2 nitrogen and oxygen atoms in total. The van der Waals surface area contributed by atoms with E-state index in [1.807, 2.05) is 48.5 Å². The second kappa shape index (κ2) is 8.59. The Kier molecular flexibility index (Phi) is 4.93. The minimum Gasteiger partial charge on any atom is -0.192 e. The van der Waals surface area contributed by atoms with E-state index in [0.29, 0.717) is 11.1 Å². The van der Waals surface area contributed by atoms with Crippen LogP contribution >= 0.6 is 0 Å². The number of nitriles is 2. The smallest absolute Gasteiger partial charge is 0.0991 e. The van der Waals surface area contributed by atoms with Crippen molar-refractivity contribution < 1.29 is 0 Å². The van der Waals surface area contributed by atoms with Crippen molar-refractivity contribution in [1.82, 2.24) is 0 Å². The Morgan fingerprint density at radius 3 is 1.50 bits per heavy atom. The van der Waals surface area contributed by atoms with Crippen molar-refractivity contribution in [2.24, 2.45) is 0 Å². The molecule has 174 valence electrons. The van der Waals surface area contributed by atoms with Crippen LogP contribution in [0, 0.1) is 22.7 Å². The Morgan fingerprint density at radius 2 is 0.868 bits per heavy atom. The molecule has 7 aromatic carbocycles. The summed E-state index contributed by atoms with van der Waals surface area (Å²) in [5.41, 5.74) is 5.81. The molecule has 0 fully saturated rings. The lowest BCUT2D eigenvalue weighted by Gasteiger charge is -2.17. The summed E-state index contributed by atoms with van der Waals surface area (Å²) in [5.74, 6) is 0. The van der Waals surface area contributed by atoms with Gasteiger partial charge in [0.2, 0.25) is 0 Å². The number of nitrogens with zero attached hydrogens (tertiary/aromatic N) is 2. The maximum absolute atomic E-state index is 9.28. The Bertz CT molecular complexity index is 2120. The second-order valence-electron chi connectivity index (χ2n) is 9.58. The fourth-order valence-electron chi connectivity index (χ4n) is 5.70. The normalized spacial score (nSPS) is 11.1. The number of hydrogen-bond acceptors (Lipinski definition) is 2. The first kappa shape index (κ1) is 21.8. The Hall–Kier alpha value is -5.44. The van der Waals surface area contributed by atoms with Gasteiger partial charge in [0, 0.05) is 0 Å². The van der Waals surface area contributed by atoms with Gasteiger partial charge in [-0.1, -0.05) is 84.9 Å². The van der Waals surface area contributed by atoms with Crippen LogP contribution in [0.1, 0.15) is 11.1 Å². The van der Waals surface area contributed by atoms with Gasteiger partial charge in [0.1, 0.15) is 0 Å². The average molecular weight is 481 g/mol. The zero-order valence-electron chi connectivity index (χ0n) is 20.4. The van der Waals surface area contributed by atoms with Gasteiger partial charge in [-0.15, -0.1) is 0 Å². The highest BCUT2D eigenvalue weighted by molar-refractivity contribution is 6.33. The fraction of sp³-hybridized carbons (Fsp3) is 0. The van der Waals surface area contributed by atoms with E-state index in [2.05, 4.69) is 84.9 Å². The number of fused-ring (bicyclic) bond motifs is 8. The molecular weight excluding hydrogens is 460 g/mol. The lowest BCUT2D eigenvalue weighted by Crippen LogP contribution is -1.89. The van der Waals surface area contributed by atoms with Crippen molar-refractivity contribution in [2.45, 2.75) is 0 Å². The van der Waals surface area contributed by atoms with Crippen LogP contribution in [0.4, 0.5) is 0 Å². The molecule has 0 amide bonds. The third kappa shape index (κ3) is 3.33. The van der Waals surface area contributed by atoms with Crippen LogP contribution in [0.25, 0.3) is 65.3 Å². The molecule has 0 spiro atoms. The van der Waals surface area contributed by atoms with Crippen molar-refractivity contribution in [3.63, 3.8) is 0 Å². The molecule has 0 atom stereocenters. The summed E-state index contributed by atoms with van der Waals surface area (Å²) in [7, 11) is 0. The van der Waals surface area contributed by atoms with Gasteiger partial charge in [0.25, 0.3) is 0 Å². The van der Waals surface area contributed by atoms with E-state index in [0.717, 1.165) is 22.3 Å². The van der Waals surface area contributed by atoms with E-state index in [4.69, 9.17) is 0 Å². The van der Waals surface area contributed by atoms with Crippen LogP contribution in [0.3, 0.4) is 0 Å². The maximum atomic E-state index is 9.28. The van der Waals surface area contributed by atoms with Gasteiger partial charge in [0.15, 0.2) is 0 Å². The molecule has 0 radical (unpaired) electrons. The maximum Gasteiger partial charge on any atom is 0.0991 e. The van der Waals surface area contributed by atoms with Crippen LogP contribution in [0.5, 0.6) is 0 Å². The van der Waals surface area contributed by atoms with Crippen molar-refractivity contribution in [3.8, 4) is 34.4 Å². The van der Waals surface area contributed by atoms with Crippen LogP contribution in [0.2, 0.25) is 0 Å². The monoisotopic (exact) mass is 480 g/mol. The van der Waals surface area contributed by atoms with Crippen molar-refractivity contribution in [2.75, 3.05) is 0 Å². The van der Waals surface area contributed by atoms with E-state index < -0.39 is 0 Å². The van der Waals surface area contributed by atoms with Gasteiger partial charge in [0.05, 0.1) is 23.3 Å². The number of rotatable bonds is 2. The lowest BCUT2D eigenvalue weighted by molar-refractivity contribution is 1.48. The first-order chi connectivity index (χ1) is 18.7. The van der Waals surface area contributed by atoms with E-state index in [1.165, 1.54) is 43.1 Å². The number of hydrogen-bond donors (Lipinski definition) is 0.